The maximum absolute atomic E-state index is 11.9. The zero-order valence-corrected chi connectivity index (χ0v) is 15.1. The van der Waals surface area contributed by atoms with Gasteiger partial charge in [-0.25, -0.2) is 14.8 Å². The molecule has 0 atom stereocenters. The van der Waals surface area contributed by atoms with Crippen molar-refractivity contribution in [1.82, 2.24) is 20.3 Å². The second-order valence-electron chi connectivity index (χ2n) is 4.98. The number of urea groups is 1. The number of anilines is 1. The summed E-state index contributed by atoms with van der Waals surface area (Å²) in [4.78, 5) is 25.2. The Hall–Kier alpha value is -2.76. The van der Waals surface area contributed by atoms with Crippen molar-refractivity contribution >= 4 is 33.8 Å². The van der Waals surface area contributed by atoms with Crippen LogP contribution in [0.5, 0.6) is 0 Å². The number of nitrogens with one attached hydrogen (secondary N) is 2. The quantitative estimate of drug-likeness (QED) is 0.693. The van der Waals surface area contributed by atoms with Gasteiger partial charge in [0, 0.05) is 42.5 Å². The highest BCUT2D eigenvalue weighted by Gasteiger charge is 2.09. The molecule has 0 unspecified atom stereocenters. The first-order valence-corrected chi connectivity index (χ1v) is 9.23. The normalized spacial score (nSPS) is 9.96. The maximum atomic E-state index is 11.9. The highest BCUT2D eigenvalue weighted by atomic mass is 32.1. The Morgan fingerprint density at radius 3 is 2.84 bits per heavy atom. The van der Waals surface area contributed by atoms with Crippen LogP contribution in [-0.4, -0.2) is 27.5 Å². The first-order valence-electron chi connectivity index (χ1n) is 7.53. The molecule has 0 saturated heterocycles. The van der Waals surface area contributed by atoms with Gasteiger partial charge in [0.2, 0.25) is 0 Å². The van der Waals surface area contributed by atoms with Crippen molar-refractivity contribution < 1.29 is 4.79 Å². The summed E-state index contributed by atoms with van der Waals surface area (Å²) < 4.78 is 0. The second-order valence-corrected chi connectivity index (χ2v) is 6.95. The van der Waals surface area contributed by atoms with Gasteiger partial charge in [-0.3, -0.25) is 10.3 Å². The van der Waals surface area contributed by atoms with Crippen LogP contribution in [0.3, 0.4) is 0 Å². The predicted octanol–water partition coefficient (Wildman–Crippen LogP) is 3.07. The molecule has 3 aromatic heterocycles. The van der Waals surface area contributed by atoms with Crippen molar-refractivity contribution in [2.75, 3.05) is 11.9 Å². The molecule has 0 bridgehead atoms. The van der Waals surface area contributed by atoms with Gasteiger partial charge in [-0.05, 0) is 25.0 Å². The molecule has 0 aliphatic rings. The number of carbonyl (C=O) groups excluding carboxylic acids is 1. The minimum Gasteiger partial charge on any atom is -0.337 e. The van der Waals surface area contributed by atoms with Crippen molar-refractivity contribution in [3.05, 3.63) is 57.2 Å². The molecule has 8 heteroatoms. The average Bonchev–Trinajstić information content (AvgIpc) is 3.24. The summed E-state index contributed by atoms with van der Waals surface area (Å²) in [6.07, 6.45) is 5.87. The molecule has 0 spiro atoms. The van der Waals surface area contributed by atoms with Crippen LogP contribution in [0.25, 0.3) is 0 Å². The molecule has 6 nitrogen and oxygen atoms in total. The molecule has 25 heavy (non-hydrogen) atoms. The largest absolute Gasteiger partial charge is 0.337 e. The highest BCUT2D eigenvalue weighted by Crippen LogP contribution is 2.21. The first kappa shape index (κ1) is 17.1. The number of aryl methyl sites for hydroxylation is 1. The Bertz CT molecular complexity index is 894. The lowest BCUT2D eigenvalue weighted by Crippen LogP contribution is -2.30. The lowest BCUT2D eigenvalue weighted by atomic mass is 10.2. The lowest BCUT2D eigenvalue weighted by Gasteiger charge is -2.03. The summed E-state index contributed by atoms with van der Waals surface area (Å²) in [6.45, 7) is 2.40. The van der Waals surface area contributed by atoms with E-state index >= 15 is 0 Å². The summed E-state index contributed by atoms with van der Waals surface area (Å²) in [5.41, 5.74) is 1.68. The van der Waals surface area contributed by atoms with E-state index in [1.165, 1.54) is 11.3 Å². The lowest BCUT2D eigenvalue weighted by molar-refractivity contribution is 0.252. The fourth-order valence-electron chi connectivity index (χ4n) is 1.93. The fourth-order valence-corrected chi connectivity index (χ4v) is 3.37. The van der Waals surface area contributed by atoms with Crippen molar-refractivity contribution in [3.63, 3.8) is 0 Å². The zero-order chi connectivity index (χ0) is 17.5. The summed E-state index contributed by atoms with van der Waals surface area (Å²) in [5, 5.41) is 8.99. The zero-order valence-electron chi connectivity index (χ0n) is 13.4. The predicted molar refractivity (Wildman–Crippen MR) is 99.9 cm³/mol. The molecule has 3 rings (SSSR count). The third-order valence-electron chi connectivity index (χ3n) is 3.13. The highest BCUT2D eigenvalue weighted by molar-refractivity contribution is 7.16. The van der Waals surface area contributed by atoms with Crippen LogP contribution in [0.15, 0.2) is 36.1 Å². The number of hydrogen-bond acceptors (Lipinski definition) is 6. The summed E-state index contributed by atoms with van der Waals surface area (Å²) >= 11 is 2.93. The van der Waals surface area contributed by atoms with E-state index in [1.807, 2.05) is 24.4 Å². The Kier molecular flexibility index (Phi) is 5.72. The topological polar surface area (TPSA) is 79.8 Å². The number of aromatic nitrogens is 3. The minimum absolute atomic E-state index is 0.279. The second kappa shape index (κ2) is 8.37. The summed E-state index contributed by atoms with van der Waals surface area (Å²) in [6, 6.07) is 3.41. The number of hydrogen-bond donors (Lipinski definition) is 2. The third-order valence-corrected chi connectivity index (χ3v) is 4.95. The average molecular weight is 369 g/mol. The Labute approximate surface area is 153 Å². The van der Waals surface area contributed by atoms with Crippen LogP contribution >= 0.6 is 22.7 Å². The van der Waals surface area contributed by atoms with E-state index in [1.54, 1.807) is 29.9 Å². The van der Waals surface area contributed by atoms with Crippen LogP contribution < -0.4 is 10.6 Å². The Balaban J connectivity index is 1.55. The Morgan fingerprint density at radius 1 is 1.24 bits per heavy atom. The fraction of sp³-hybridized carbons (Fsp3) is 0.176. The molecule has 126 valence electrons. The molecule has 0 fully saturated rings. The van der Waals surface area contributed by atoms with Gasteiger partial charge in [0.15, 0.2) is 5.13 Å². The molecule has 0 aliphatic heterocycles. The maximum Gasteiger partial charge on any atom is 0.321 e. The van der Waals surface area contributed by atoms with E-state index in [9.17, 15) is 4.79 Å². The van der Waals surface area contributed by atoms with Gasteiger partial charge in [-0.1, -0.05) is 17.3 Å². The van der Waals surface area contributed by atoms with Gasteiger partial charge in [0.25, 0.3) is 0 Å². The molecule has 2 amide bonds. The molecule has 2 N–H and O–H groups in total. The molecule has 0 aliphatic carbocycles. The third kappa shape index (κ3) is 5.11. The van der Waals surface area contributed by atoms with E-state index < -0.39 is 0 Å². The van der Waals surface area contributed by atoms with Gasteiger partial charge in [-0.2, -0.15) is 0 Å². The van der Waals surface area contributed by atoms with Crippen LogP contribution in [0.2, 0.25) is 0 Å². The molecule has 0 radical (unpaired) electrons. The van der Waals surface area contributed by atoms with Crippen LogP contribution in [0.4, 0.5) is 9.93 Å². The van der Waals surface area contributed by atoms with Gasteiger partial charge < -0.3 is 5.32 Å². The number of thiazole rings is 2. The smallest absolute Gasteiger partial charge is 0.321 e. The number of carbonyl (C=O) groups is 1. The van der Waals surface area contributed by atoms with Gasteiger partial charge in [0.1, 0.15) is 4.88 Å². The van der Waals surface area contributed by atoms with Crippen molar-refractivity contribution in [1.29, 1.82) is 0 Å². The van der Waals surface area contributed by atoms with Crippen molar-refractivity contribution in [3.8, 4) is 11.8 Å². The first-order chi connectivity index (χ1) is 12.2. The van der Waals surface area contributed by atoms with Crippen LogP contribution in [0, 0.1) is 18.8 Å². The monoisotopic (exact) mass is 369 g/mol. The van der Waals surface area contributed by atoms with Gasteiger partial charge in [-0.15, -0.1) is 11.3 Å². The van der Waals surface area contributed by atoms with Gasteiger partial charge in [0.05, 0.1) is 10.7 Å². The number of rotatable bonds is 4. The Morgan fingerprint density at radius 2 is 2.08 bits per heavy atom. The minimum atomic E-state index is -0.279. The number of pyridine rings is 1. The molecule has 0 saturated carbocycles. The van der Waals surface area contributed by atoms with Gasteiger partial charge >= 0.3 is 6.03 Å². The van der Waals surface area contributed by atoms with E-state index in [-0.39, 0.29) is 6.03 Å². The standard InChI is InChI=1S/C17H15N5OS2/c1-12-14(3-2-13-4-7-18-8-5-13)25-17(21-12)22-16(23)20-9-6-15-19-10-11-24-15/h4-5,7-8,10-11H,6,9H2,1H3,(H2,20,21,22,23). The number of nitrogens with zero attached hydrogens (tertiary/aromatic N) is 3. The van der Waals surface area contributed by atoms with E-state index in [2.05, 4.69) is 37.4 Å². The molecule has 3 aromatic rings. The molecule has 3 heterocycles. The van der Waals surface area contributed by atoms with E-state index in [0.717, 1.165) is 21.1 Å². The molecular weight excluding hydrogens is 354 g/mol. The van der Waals surface area contributed by atoms with E-state index in [0.29, 0.717) is 18.1 Å². The summed E-state index contributed by atoms with van der Waals surface area (Å²) in [5.74, 6) is 6.15. The number of amides is 2. The van der Waals surface area contributed by atoms with Crippen LogP contribution in [-0.2, 0) is 6.42 Å². The molecule has 0 aromatic carbocycles. The van der Waals surface area contributed by atoms with Crippen LogP contribution in [0.1, 0.15) is 21.1 Å². The van der Waals surface area contributed by atoms with E-state index in [4.69, 9.17) is 0 Å². The summed E-state index contributed by atoms with van der Waals surface area (Å²) in [7, 11) is 0. The molecular formula is C17H15N5OS2. The SMILES string of the molecule is Cc1nc(NC(=O)NCCc2nccs2)sc1C#Cc1ccncc1. The van der Waals surface area contributed by atoms with Crippen molar-refractivity contribution in [2.45, 2.75) is 13.3 Å². The van der Waals surface area contributed by atoms with Crippen molar-refractivity contribution in [2.24, 2.45) is 0 Å².